The van der Waals surface area contributed by atoms with Crippen molar-refractivity contribution in [2.24, 2.45) is 0 Å². The van der Waals surface area contributed by atoms with Crippen LogP contribution < -0.4 is 10.3 Å². The molecule has 0 aromatic heterocycles. The predicted molar refractivity (Wildman–Crippen MR) is 101 cm³/mol. The van der Waals surface area contributed by atoms with Gasteiger partial charge in [0.1, 0.15) is 5.82 Å². The number of hydrogen-bond donors (Lipinski definition) is 1. The minimum Gasteiger partial charge on any atom is -0.321 e. The van der Waals surface area contributed by atoms with E-state index in [1.54, 1.807) is 6.07 Å². The number of nitrogens with zero attached hydrogens (tertiary/aromatic N) is 2. The number of hydrazine groups is 1. The summed E-state index contributed by atoms with van der Waals surface area (Å²) < 4.78 is 13.7. The van der Waals surface area contributed by atoms with Gasteiger partial charge in [0.25, 0.3) is 5.91 Å². The van der Waals surface area contributed by atoms with E-state index in [1.165, 1.54) is 12.1 Å². The Hall–Kier alpha value is -2.31. The minimum absolute atomic E-state index is 0.201. The number of hydrogen-bond acceptors (Lipinski definition) is 4. The first kappa shape index (κ1) is 16.2. The van der Waals surface area contributed by atoms with Crippen molar-refractivity contribution in [3.63, 3.8) is 0 Å². The van der Waals surface area contributed by atoms with Gasteiger partial charge in [0.05, 0.1) is 11.3 Å². The van der Waals surface area contributed by atoms with Gasteiger partial charge in [-0.05, 0) is 30.3 Å². The van der Waals surface area contributed by atoms with Crippen LogP contribution in [0.1, 0.15) is 5.56 Å². The van der Waals surface area contributed by atoms with Crippen molar-refractivity contribution in [3.8, 4) is 0 Å². The van der Waals surface area contributed by atoms with Crippen molar-refractivity contribution in [2.75, 3.05) is 34.9 Å². The maximum absolute atomic E-state index is 13.7. The molecule has 0 unspecified atom stereocenters. The van der Waals surface area contributed by atoms with E-state index >= 15 is 0 Å². The molecule has 1 amide bonds. The van der Waals surface area contributed by atoms with Crippen LogP contribution >= 0.6 is 11.8 Å². The number of carbonyl (C=O) groups excluding carboxylic acids is 1. The van der Waals surface area contributed by atoms with Gasteiger partial charge in [0.15, 0.2) is 0 Å². The molecule has 0 bridgehead atoms. The molecule has 25 heavy (non-hydrogen) atoms. The second kappa shape index (κ2) is 6.90. The van der Waals surface area contributed by atoms with Crippen molar-refractivity contribution in [1.82, 2.24) is 5.01 Å². The molecule has 0 aliphatic carbocycles. The lowest BCUT2D eigenvalue weighted by Crippen LogP contribution is -2.44. The van der Waals surface area contributed by atoms with E-state index in [-0.39, 0.29) is 11.7 Å². The van der Waals surface area contributed by atoms with Gasteiger partial charge in [-0.1, -0.05) is 18.2 Å². The summed E-state index contributed by atoms with van der Waals surface area (Å²) in [5.74, 6) is 1.54. The third-order valence-electron chi connectivity index (χ3n) is 4.33. The molecule has 2 aliphatic rings. The number of benzene rings is 2. The van der Waals surface area contributed by atoms with Crippen molar-refractivity contribution in [2.45, 2.75) is 0 Å². The monoisotopic (exact) mass is 355 g/mol. The Morgan fingerprint density at radius 1 is 1.12 bits per heavy atom. The number of amides is 1. The number of halogens is 1. The van der Waals surface area contributed by atoms with E-state index < -0.39 is 0 Å². The number of anilines is 2. The third-order valence-corrected chi connectivity index (χ3v) is 5.27. The Morgan fingerprint density at radius 3 is 2.64 bits per heavy atom. The highest BCUT2D eigenvalue weighted by atomic mass is 32.2. The number of fused-ring (bicyclic) bond motifs is 1. The van der Waals surface area contributed by atoms with Gasteiger partial charge in [-0.3, -0.25) is 9.80 Å². The van der Waals surface area contributed by atoms with Crippen LogP contribution in [0.25, 0.3) is 5.57 Å². The topological polar surface area (TPSA) is 35.6 Å². The van der Waals surface area contributed by atoms with Crippen LogP contribution in [0.5, 0.6) is 0 Å². The molecule has 2 aromatic carbocycles. The van der Waals surface area contributed by atoms with Crippen molar-refractivity contribution in [1.29, 1.82) is 0 Å². The number of rotatable bonds is 3. The molecule has 0 radical (unpaired) electrons. The lowest BCUT2D eigenvalue weighted by atomic mass is 10.1. The zero-order valence-electron chi connectivity index (χ0n) is 13.6. The minimum atomic E-state index is -0.346. The summed E-state index contributed by atoms with van der Waals surface area (Å²) in [5, 5.41) is 7.06. The molecule has 1 fully saturated rings. The fourth-order valence-corrected chi connectivity index (χ4v) is 3.96. The molecule has 0 spiro atoms. The fraction of sp³-hybridized carbons (Fsp3) is 0.211. The standard InChI is InChI=1S/C19H18FN3OS/c20-14-6-7-18-16(12-14)17(19(24)21-18)13-23(15-4-2-1-3-5-15)22-8-10-25-11-9-22/h1-7,12-13H,8-11H2,(H,21,24). The molecule has 2 heterocycles. The van der Waals surface area contributed by atoms with E-state index in [2.05, 4.69) is 10.3 Å². The van der Waals surface area contributed by atoms with Crippen LogP contribution in [0.3, 0.4) is 0 Å². The predicted octanol–water partition coefficient (Wildman–Crippen LogP) is 3.59. The molecule has 0 atom stereocenters. The number of carbonyl (C=O) groups is 1. The lowest BCUT2D eigenvalue weighted by molar-refractivity contribution is -0.110. The molecule has 6 heteroatoms. The molecule has 4 rings (SSSR count). The Morgan fingerprint density at radius 2 is 1.88 bits per heavy atom. The Kier molecular flexibility index (Phi) is 4.46. The molecule has 2 aromatic rings. The van der Waals surface area contributed by atoms with Crippen molar-refractivity contribution < 1.29 is 9.18 Å². The number of para-hydroxylation sites is 1. The third kappa shape index (κ3) is 3.27. The van der Waals surface area contributed by atoms with Gasteiger partial charge in [0, 0.05) is 42.0 Å². The highest BCUT2D eigenvalue weighted by Gasteiger charge is 2.27. The molecule has 128 valence electrons. The first-order valence-corrected chi connectivity index (χ1v) is 9.38. The second-order valence-electron chi connectivity index (χ2n) is 5.93. The summed E-state index contributed by atoms with van der Waals surface area (Å²) in [4.78, 5) is 12.4. The smallest absolute Gasteiger partial charge is 0.257 e. The maximum Gasteiger partial charge on any atom is 0.257 e. The van der Waals surface area contributed by atoms with Crippen molar-refractivity contribution in [3.05, 3.63) is 66.1 Å². The van der Waals surface area contributed by atoms with E-state index in [0.29, 0.717) is 16.8 Å². The highest BCUT2D eigenvalue weighted by Crippen LogP contribution is 2.33. The van der Waals surface area contributed by atoms with Gasteiger partial charge in [-0.25, -0.2) is 9.40 Å². The van der Waals surface area contributed by atoms with Crippen LogP contribution in [0.2, 0.25) is 0 Å². The molecule has 1 N–H and O–H groups in total. The molecule has 0 saturated carbocycles. The van der Waals surface area contributed by atoms with Crippen LogP contribution in [0, 0.1) is 5.82 Å². The number of thioether (sulfide) groups is 1. The van der Waals surface area contributed by atoms with Crippen LogP contribution in [0.4, 0.5) is 15.8 Å². The van der Waals surface area contributed by atoms with Crippen LogP contribution in [-0.2, 0) is 4.79 Å². The summed E-state index contributed by atoms with van der Waals surface area (Å²) >= 11 is 1.93. The normalized spacial score (nSPS) is 18.9. The fourth-order valence-electron chi connectivity index (χ4n) is 3.08. The van der Waals surface area contributed by atoms with Gasteiger partial charge in [-0.15, -0.1) is 0 Å². The largest absolute Gasteiger partial charge is 0.321 e. The van der Waals surface area contributed by atoms with Gasteiger partial charge in [-0.2, -0.15) is 11.8 Å². The molecular formula is C19H18FN3OS. The zero-order chi connectivity index (χ0) is 17.2. The maximum atomic E-state index is 13.7. The van der Waals surface area contributed by atoms with E-state index in [0.717, 1.165) is 30.3 Å². The first-order chi connectivity index (χ1) is 12.2. The highest BCUT2D eigenvalue weighted by molar-refractivity contribution is 7.99. The second-order valence-corrected chi connectivity index (χ2v) is 7.16. The Bertz CT molecular complexity index is 819. The summed E-state index contributed by atoms with van der Waals surface area (Å²) in [6.45, 7) is 1.81. The molecular weight excluding hydrogens is 337 g/mol. The molecule has 1 saturated heterocycles. The zero-order valence-corrected chi connectivity index (χ0v) is 14.4. The van der Waals surface area contributed by atoms with Crippen LogP contribution in [0.15, 0.2) is 54.7 Å². The summed E-state index contributed by atoms with van der Waals surface area (Å²) in [7, 11) is 0. The quantitative estimate of drug-likeness (QED) is 0.854. The Labute approximate surface area is 150 Å². The van der Waals surface area contributed by atoms with Gasteiger partial charge < -0.3 is 5.32 Å². The van der Waals surface area contributed by atoms with Crippen LogP contribution in [-0.4, -0.2) is 35.5 Å². The average molecular weight is 355 g/mol. The first-order valence-electron chi connectivity index (χ1n) is 8.22. The lowest BCUT2D eigenvalue weighted by Gasteiger charge is -2.36. The number of nitrogens with one attached hydrogen (secondary N) is 1. The molecule has 2 aliphatic heterocycles. The van der Waals surface area contributed by atoms with Gasteiger partial charge >= 0.3 is 0 Å². The SMILES string of the molecule is O=C1Nc2ccc(F)cc2C1=CN(c1ccccc1)N1CCSCC1. The van der Waals surface area contributed by atoms with E-state index in [4.69, 9.17) is 0 Å². The summed E-state index contributed by atoms with van der Waals surface area (Å²) in [5.41, 5.74) is 2.73. The van der Waals surface area contributed by atoms with E-state index in [1.807, 2.05) is 53.3 Å². The average Bonchev–Trinajstić information content (AvgIpc) is 2.95. The van der Waals surface area contributed by atoms with Crippen molar-refractivity contribution >= 4 is 34.6 Å². The molecule has 4 nitrogen and oxygen atoms in total. The summed E-state index contributed by atoms with van der Waals surface area (Å²) in [6, 6.07) is 14.3. The van der Waals surface area contributed by atoms with E-state index in [9.17, 15) is 9.18 Å². The Balaban J connectivity index is 1.77. The summed E-state index contributed by atoms with van der Waals surface area (Å²) in [6.07, 6.45) is 1.83. The van der Waals surface area contributed by atoms with Gasteiger partial charge in [0.2, 0.25) is 0 Å².